The fourth-order valence-corrected chi connectivity index (χ4v) is 4.10. The second-order valence-electron chi connectivity index (χ2n) is 6.03. The monoisotopic (exact) mass is 349 g/mol. The maximum atomic E-state index is 12.8. The average Bonchev–Trinajstić information content (AvgIpc) is 3.11. The Morgan fingerprint density at radius 2 is 2.25 bits per heavy atom. The standard InChI is InChI=1S/C17H19NO5S/c1-10-12-7-11(22-2)3-4-13(12)24-15(10)16(21)18-17(8-14(19)20)5-6-23-9-17/h3-4,7H,5-6,8-9H2,1-2H3,(H,18,21)(H,19,20). The third-order valence-electron chi connectivity index (χ3n) is 4.32. The Bertz CT molecular complexity index is 792. The van der Waals surface area contributed by atoms with Gasteiger partial charge in [-0.1, -0.05) is 0 Å². The van der Waals surface area contributed by atoms with Gasteiger partial charge in [0.25, 0.3) is 5.91 Å². The lowest BCUT2D eigenvalue weighted by Crippen LogP contribution is -2.50. The molecule has 0 aliphatic carbocycles. The fraction of sp³-hybridized carbons (Fsp3) is 0.412. The van der Waals surface area contributed by atoms with Crippen LogP contribution >= 0.6 is 11.3 Å². The summed E-state index contributed by atoms with van der Waals surface area (Å²) in [5, 5.41) is 13.0. The molecular weight excluding hydrogens is 330 g/mol. The number of benzene rings is 1. The number of thiophene rings is 1. The predicted octanol–water partition coefficient (Wildman–Crippen LogP) is 2.58. The second-order valence-corrected chi connectivity index (χ2v) is 7.08. The summed E-state index contributed by atoms with van der Waals surface area (Å²) in [6, 6.07) is 5.69. The van der Waals surface area contributed by atoms with E-state index in [1.165, 1.54) is 11.3 Å². The van der Waals surface area contributed by atoms with Gasteiger partial charge >= 0.3 is 5.97 Å². The molecule has 1 aromatic heterocycles. The third-order valence-corrected chi connectivity index (χ3v) is 5.59. The van der Waals surface area contributed by atoms with Crippen LogP contribution in [0.25, 0.3) is 10.1 Å². The lowest BCUT2D eigenvalue weighted by Gasteiger charge is -2.26. The summed E-state index contributed by atoms with van der Waals surface area (Å²) in [6.07, 6.45) is 0.360. The maximum absolute atomic E-state index is 12.8. The molecule has 2 aromatic rings. The lowest BCUT2D eigenvalue weighted by molar-refractivity contribution is -0.138. The van der Waals surface area contributed by atoms with E-state index in [0.717, 1.165) is 21.4 Å². The molecule has 1 aromatic carbocycles. The SMILES string of the molecule is COc1ccc2sc(C(=O)NC3(CC(=O)O)CCOC3)c(C)c2c1. The summed E-state index contributed by atoms with van der Waals surface area (Å²) in [6.45, 7) is 2.57. The van der Waals surface area contributed by atoms with Crippen molar-refractivity contribution in [1.82, 2.24) is 5.32 Å². The highest BCUT2D eigenvalue weighted by Gasteiger charge is 2.39. The van der Waals surface area contributed by atoms with Crippen molar-refractivity contribution in [3.05, 3.63) is 28.6 Å². The minimum Gasteiger partial charge on any atom is -0.497 e. The van der Waals surface area contributed by atoms with Crippen molar-refractivity contribution in [1.29, 1.82) is 0 Å². The predicted molar refractivity (Wildman–Crippen MR) is 91.0 cm³/mol. The zero-order valence-electron chi connectivity index (χ0n) is 13.5. The van der Waals surface area contributed by atoms with Crippen molar-refractivity contribution in [2.75, 3.05) is 20.3 Å². The van der Waals surface area contributed by atoms with E-state index in [9.17, 15) is 9.59 Å². The van der Waals surface area contributed by atoms with Crippen molar-refractivity contribution in [3.8, 4) is 5.75 Å². The molecule has 0 saturated carbocycles. The van der Waals surface area contributed by atoms with E-state index in [-0.39, 0.29) is 18.9 Å². The van der Waals surface area contributed by atoms with E-state index in [1.807, 2.05) is 25.1 Å². The van der Waals surface area contributed by atoms with Crippen molar-refractivity contribution >= 4 is 33.3 Å². The van der Waals surface area contributed by atoms with Gasteiger partial charge in [0.1, 0.15) is 5.75 Å². The molecule has 1 atom stereocenters. The van der Waals surface area contributed by atoms with Crippen LogP contribution in [0.2, 0.25) is 0 Å². The van der Waals surface area contributed by atoms with E-state index in [4.69, 9.17) is 14.6 Å². The number of carboxylic acids is 1. The Morgan fingerprint density at radius 1 is 1.46 bits per heavy atom. The van der Waals surface area contributed by atoms with Crippen LogP contribution in [-0.4, -0.2) is 42.8 Å². The normalized spacial score (nSPS) is 20.2. The number of aryl methyl sites for hydroxylation is 1. The zero-order chi connectivity index (χ0) is 17.3. The highest BCUT2D eigenvalue weighted by atomic mass is 32.1. The minimum absolute atomic E-state index is 0.142. The van der Waals surface area contributed by atoms with Crippen LogP contribution in [0.5, 0.6) is 5.75 Å². The number of rotatable bonds is 5. The van der Waals surface area contributed by atoms with Crippen molar-refractivity contribution in [2.24, 2.45) is 0 Å². The summed E-state index contributed by atoms with van der Waals surface area (Å²) in [7, 11) is 1.60. The average molecular weight is 349 g/mol. The van der Waals surface area contributed by atoms with Gasteiger partial charge in [0.2, 0.25) is 0 Å². The molecule has 1 aliphatic rings. The van der Waals surface area contributed by atoms with Crippen molar-refractivity contribution < 1.29 is 24.2 Å². The first-order valence-corrected chi connectivity index (χ1v) is 8.45. The number of carbonyl (C=O) groups excluding carboxylic acids is 1. The lowest BCUT2D eigenvalue weighted by atomic mass is 9.94. The first kappa shape index (κ1) is 16.7. The molecule has 1 fully saturated rings. The second kappa shape index (κ2) is 6.41. The van der Waals surface area contributed by atoms with E-state index < -0.39 is 11.5 Å². The minimum atomic E-state index is -0.946. The molecule has 0 bridgehead atoms. The molecule has 1 amide bonds. The van der Waals surface area contributed by atoms with Gasteiger partial charge in [-0.2, -0.15) is 0 Å². The summed E-state index contributed by atoms with van der Waals surface area (Å²) in [4.78, 5) is 24.5. The first-order valence-electron chi connectivity index (χ1n) is 7.63. The number of ether oxygens (including phenoxy) is 2. The van der Waals surface area contributed by atoms with E-state index in [2.05, 4.69) is 5.32 Å². The molecule has 2 N–H and O–H groups in total. The van der Waals surface area contributed by atoms with Crippen LogP contribution in [0.3, 0.4) is 0 Å². The molecule has 1 aliphatic heterocycles. The molecule has 1 saturated heterocycles. The number of aliphatic carboxylic acids is 1. The quantitative estimate of drug-likeness (QED) is 0.867. The highest BCUT2D eigenvalue weighted by molar-refractivity contribution is 7.21. The molecule has 7 heteroatoms. The van der Waals surface area contributed by atoms with Gasteiger partial charge in [0.05, 0.1) is 30.6 Å². The largest absolute Gasteiger partial charge is 0.497 e. The zero-order valence-corrected chi connectivity index (χ0v) is 14.4. The number of carboxylic acid groups (broad SMARTS) is 1. The van der Waals surface area contributed by atoms with Gasteiger partial charge in [-0.15, -0.1) is 11.3 Å². The van der Waals surface area contributed by atoms with Gasteiger partial charge < -0.3 is 19.9 Å². The molecule has 0 radical (unpaired) electrons. The van der Waals surface area contributed by atoms with Gasteiger partial charge in [0, 0.05) is 11.3 Å². The Hall–Kier alpha value is -2.12. The summed E-state index contributed by atoms with van der Waals surface area (Å²) in [5.74, 6) is -0.458. The number of amides is 1. The Kier molecular flexibility index (Phi) is 4.47. The van der Waals surface area contributed by atoms with Gasteiger partial charge in [-0.05, 0) is 42.5 Å². The number of methoxy groups -OCH3 is 1. The van der Waals surface area contributed by atoms with Crippen LogP contribution in [-0.2, 0) is 9.53 Å². The Balaban J connectivity index is 1.90. The highest BCUT2D eigenvalue weighted by Crippen LogP contribution is 2.34. The Morgan fingerprint density at radius 3 is 2.88 bits per heavy atom. The maximum Gasteiger partial charge on any atom is 0.305 e. The molecular formula is C17H19NO5S. The molecule has 6 nitrogen and oxygen atoms in total. The van der Waals surface area contributed by atoms with Crippen LogP contribution < -0.4 is 10.1 Å². The Labute approximate surface area is 143 Å². The van der Waals surface area contributed by atoms with E-state index in [0.29, 0.717) is 17.9 Å². The van der Waals surface area contributed by atoms with Crippen LogP contribution in [0.1, 0.15) is 28.1 Å². The number of nitrogens with one attached hydrogen (secondary N) is 1. The number of fused-ring (bicyclic) bond motifs is 1. The first-order chi connectivity index (χ1) is 11.4. The van der Waals surface area contributed by atoms with Crippen LogP contribution in [0.4, 0.5) is 0 Å². The summed E-state index contributed by atoms with van der Waals surface area (Å²) in [5.41, 5.74) is 0.0410. The topological polar surface area (TPSA) is 84.9 Å². The number of carbonyl (C=O) groups is 2. The van der Waals surface area contributed by atoms with Crippen molar-refractivity contribution in [3.63, 3.8) is 0 Å². The molecule has 3 rings (SSSR count). The molecule has 0 spiro atoms. The van der Waals surface area contributed by atoms with Crippen LogP contribution in [0, 0.1) is 6.92 Å². The van der Waals surface area contributed by atoms with Gasteiger partial charge in [0.15, 0.2) is 0 Å². The van der Waals surface area contributed by atoms with Gasteiger partial charge in [-0.3, -0.25) is 9.59 Å². The summed E-state index contributed by atoms with van der Waals surface area (Å²) >= 11 is 1.40. The smallest absolute Gasteiger partial charge is 0.305 e. The van der Waals surface area contributed by atoms with Gasteiger partial charge in [-0.25, -0.2) is 0 Å². The number of hydrogen-bond acceptors (Lipinski definition) is 5. The van der Waals surface area contributed by atoms with Crippen LogP contribution in [0.15, 0.2) is 18.2 Å². The fourth-order valence-electron chi connectivity index (χ4n) is 3.02. The molecule has 1 unspecified atom stereocenters. The molecule has 24 heavy (non-hydrogen) atoms. The van der Waals surface area contributed by atoms with E-state index >= 15 is 0 Å². The molecule has 2 heterocycles. The van der Waals surface area contributed by atoms with E-state index in [1.54, 1.807) is 7.11 Å². The third kappa shape index (κ3) is 3.09. The summed E-state index contributed by atoms with van der Waals surface area (Å²) < 4.78 is 11.6. The number of hydrogen-bond donors (Lipinski definition) is 2. The van der Waals surface area contributed by atoms with Crippen molar-refractivity contribution in [2.45, 2.75) is 25.3 Å². The molecule has 128 valence electrons.